The summed E-state index contributed by atoms with van der Waals surface area (Å²) < 4.78 is 6.86. The number of rotatable bonds is 6. The molecule has 9 nitrogen and oxygen atoms in total. The highest BCUT2D eigenvalue weighted by atomic mass is 16.7. The molecule has 0 saturated heterocycles. The number of likely N-dealkylation sites (N-methyl/N-ethyl adjacent to an activating group) is 1. The molecule has 1 aromatic heterocycles. The average molecular weight is 476 g/mol. The van der Waals surface area contributed by atoms with E-state index in [1.807, 2.05) is 24.3 Å². The molecule has 0 fully saturated rings. The van der Waals surface area contributed by atoms with Crippen LogP contribution < -0.4 is 5.32 Å². The van der Waals surface area contributed by atoms with Crippen molar-refractivity contribution in [1.29, 1.82) is 0 Å². The summed E-state index contributed by atoms with van der Waals surface area (Å²) >= 11 is 0. The fourth-order valence-corrected chi connectivity index (χ4v) is 3.91. The topological polar surface area (TPSA) is 98.6 Å². The lowest BCUT2D eigenvalue weighted by Gasteiger charge is -2.25. The fourth-order valence-electron chi connectivity index (χ4n) is 3.91. The van der Waals surface area contributed by atoms with Gasteiger partial charge in [0, 0.05) is 12.6 Å². The predicted octanol–water partition coefficient (Wildman–Crippen LogP) is 4.16. The Kier molecular flexibility index (Phi) is 6.70. The first-order chi connectivity index (χ1) is 16.7. The van der Waals surface area contributed by atoms with E-state index in [1.165, 1.54) is 18.8 Å². The average Bonchev–Trinajstić information content (AvgIpc) is 3.29. The molecule has 0 radical (unpaired) electrons. The zero-order chi connectivity index (χ0) is 25.2. The highest BCUT2D eigenvalue weighted by molar-refractivity contribution is 6.13. The van der Waals surface area contributed by atoms with Crippen LogP contribution in [0.25, 0.3) is 32.8 Å². The quantitative estimate of drug-likeness (QED) is 0.332. The Labute approximate surface area is 203 Å². The second-order valence-electron chi connectivity index (χ2n) is 9.23. The lowest BCUT2D eigenvalue weighted by atomic mass is 9.96. The molecule has 35 heavy (non-hydrogen) atoms. The first-order valence-corrected chi connectivity index (χ1v) is 11.3. The van der Waals surface area contributed by atoms with E-state index < -0.39 is 23.6 Å². The molecule has 0 aliphatic carbocycles. The highest BCUT2D eigenvalue weighted by Crippen LogP contribution is 2.33. The van der Waals surface area contributed by atoms with E-state index in [0.29, 0.717) is 5.69 Å². The molecular formula is C26H29N5O4. The molecular weight excluding hydrogens is 446 g/mol. The normalized spacial score (nSPS) is 12.5. The Morgan fingerprint density at radius 2 is 1.71 bits per heavy atom. The second-order valence-corrected chi connectivity index (χ2v) is 9.23. The maximum atomic E-state index is 12.8. The number of nitrogens with zero attached hydrogens (tertiary/aromatic N) is 4. The van der Waals surface area contributed by atoms with Gasteiger partial charge in [-0.3, -0.25) is 9.63 Å². The van der Waals surface area contributed by atoms with Gasteiger partial charge in [-0.15, -0.1) is 5.10 Å². The number of benzene rings is 3. The van der Waals surface area contributed by atoms with Gasteiger partial charge in [-0.25, -0.2) is 14.5 Å². The third-order valence-corrected chi connectivity index (χ3v) is 5.53. The molecule has 4 aromatic rings. The molecule has 0 spiro atoms. The molecule has 0 aliphatic heterocycles. The first-order valence-electron chi connectivity index (χ1n) is 11.3. The Balaban J connectivity index is 1.66. The maximum Gasteiger partial charge on any atom is 0.408 e. The van der Waals surface area contributed by atoms with Crippen LogP contribution in [0.1, 0.15) is 20.8 Å². The largest absolute Gasteiger partial charge is 0.444 e. The smallest absolute Gasteiger partial charge is 0.408 e. The molecule has 1 heterocycles. The summed E-state index contributed by atoms with van der Waals surface area (Å²) in [7, 11) is 2.85. The van der Waals surface area contributed by atoms with Gasteiger partial charge in [-0.1, -0.05) is 53.7 Å². The number of aromatic nitrogens is 3. The van der Waals surface area contributed by atoms with Crippen molar-refractivity contribution in [1.82, 2.24) is 25.4 Å². The van der Waals surface area contributed by atoms with Crippen LogP contribution in [0.15, 0.2) is 60.8 Å². The number of amides is 2. The van der Waals surface area contributed by atoms with E-state index in [4.69, 9.17) is 9.57 Å². The molecule has 3 aromatic carbocycles. The fraction of sp³-hybridized carbons (Fsp3) is 0.308. The summed E-state index contributed by atoms with van der Waals surface area (Å²) in [5, 5.41) is 16.7. The van der Waals surface area contributed by atoms with Crippen molar-refractivity contribution in [3.8, 4) is 11.3 Å². The van der Waals surface area contributed by atoms with Crippen molar-refractivity contribution in [2.24, 2.45) is 0 Å². The van der Waals surface area contributed by atoms with Crippen LogP contribution in [0.4, 0.5) is 4.79 Å². The van der Waals surface area contributed by atoms with Crippen LogP contribution in [-0.4, -0.2) is 57.9 Å². The van der Waals surface area contributed by atoms with Crippen molar-refractivity contribution in [3.63, 3.8) is 0 Å². The summed E-state index contributed by atoms with van der Waals surface area (Å²) in [6.45, 7) is 5.30. The van der Waals surface area contributed by atoms with Crippen molar-refractivity contribution in [3.05, 3.63) is 60.8 Å². The molecule has 1 atom stereocenters. The van der Waals surface area contributed by atoms with Gasteiger partial charge in [0.25, 0.3) is 5.91 Å². The Bertz CT molecular complexity index is 1380. The van der Waals surface area contributed by atoms with Crippen LogP contribution in [0.5, 0.6) is 0 Å². The third kappa shape index (κ3) is 5.41. The standard InChI is InChI=1S/C26H29N5O4/c1-26(2,3)35-25(33)27-23(24(32)30(4)34-5)16-31-15-22(28-29-31)21-14-17-10-6-7-11-18(17)19-12-8-9-13-20(19)21/h6-15,23H,16H2,1-5H3,(H,27,33)/t23-/m0/s1. The number of nitrogens with one attached hydrogen (secondary N) is 1. The van der Waals surface area contributed by atoms with Gasteiger partial charge >= 0.3 is 6.09 Å². The predicted molar refractivity (Wildman–Crippen MR) is 133 cm³/mol. The number of hydrogen-bond donors (Lipinski definition) is 1. The van der Waals surface area contributed by atoms with Crippen molar-refractivity contribution in [2.75, 3.05) is 14.2 Å². The SMILES string of the molecule is CON(C)C(=O)[C@H](Cn1cc(-c2cc3ccccc3c3ccccc23)nn1)NC(=O)OC(C)(C)C. The minimum Gasteiger partial charge on any atom is -0.444 e. The van der Waals surface area contributed by atoms with Crippen LogP contribution in [0, 0.1) is 0 Å². The Hall–Kier alpha value is -3.98. The van der Waals surface area contributed by atoms with Crippen LogP contribution in [-0.2, 0) is 20.9 Å². The molecule has 2 amide bonds. The van der Waals surface area contributed by atoms with Gasteiger partial charge in [0.15, 0.2) is 0 Å². The molecule has 182 valence electrons. The minimum atomic E-state index is -0.974. The van der Waals surface area contributed by atoms with Gasteiger partial charge in [0.2, 0.25) is 0 Å². The first kappa shape index (κ1) is 24.2. The van der Waals surface area contributed by atoms with Crippen LogP contribution in [0.2, 0.25) is 0 Å². The maximum absolute atomic E-state index is 12.8. The monoisotopic (exact) mass is 475 g/mol. The second kappa shape index (κ2) is 9.71. The van der Waals surface area contributed by atoms with E-state index in [1.54, 1.807) is 27.0 Å². The van der Waals surface area contributed by atoms with Crippen molar-refractivity contribution < 1.29 is 19.2 Å². The lowest BCUT2D eigenvalue weighted by molar-refractivity contribution is -0.171. The molecule has 0 unspecified atom stereocenters. The third-order valence-electron chi connectivity index (χ3n) is 5.53. The molecule has 4 rings (SSSR count). The number of hydrogen-bond acceptors (Lipinski definition) is 6. The molecule has 0 aliphatic rings. The summed E-state index contributed by atoms with van der Waals surface area (Å²) in [6.07, 6.45) is 1.06. The van der Waals surface area contributed by atoms with Crippen LogP contribution in [0.3, 0.4) is 0 Å². The number of carbonyl (C=O) groups is 2. The summed E-state index contributed by atoms with van der Waals surface area (Å²) in [5.74, 6) is -0.452. The number of hydroxylamine groups is 2. The van der Waals surface area contributed by atoms with E-state index in [2.05, 4.69) is 46.0 Å². The summed E-state index contributed by atoms with van der Waals surface area (Å²) in [5.41, 5.74) is 0.889. The minimum absolute atomic E-state index is 0.0459. The van der Waals surface area contributed by atoms with Crippen LogP contribution >= 0.6 is 0 Å². The molecule has 1 N–H and O–H groups in total. The van der Waals surface area contributed by atoms with Gasteiger partial charge in [0.1, 0.15) is 17.3 Å². The molecule has 9 heteroatoms. The van der Waals surface area contributed by atoms with Gasteiger partial charge in [-0.05, 0) is 48.4 Å². The highest BCUT2D eigenvalue weighted by Gasteiger charge is 2.28. The Morgan fingerprint density at radius 3 is 2.40 bits per heavy atom. The molecule has 0 bridgehead atoms. The van der Waals surface area contributed by atoms with E-state index in [-0.39, 0.29) is 6.54 Å². The number of ether oxygens (including phenoxy) is 1. The zero-order valence-corrected chi connectivity index (χ0v) is 20.5. The Morgan fingerprint density at radius 1 is 1.06 bits per heavy atom. The summed E-state index contributed by atoms with van der Waals surface area (Å²) in [6, 6.07) is 17.5. The van der Waals surface area contributed by atoms with Crippen molar-refractivity contribution in [2.45, 2.75) is 39.0 Å². The van der Waals surface area contributed by atoms with Gasteiger partial charge in [0.05, 0.1) is 19.9 Å². The lowest BCUT2D eigenvalue weighted by Crippen LogP contribution is -2.50. The number of carbonyl (C=O) groups excluding carboxylic acids is 2. The number of alkyl carbamates (subject to hydrolysis) is 1. The van der Waals surface area contributed by atoms with E-state index >= 15 is 0 Å². The van der Waals surface area contributed by atoms with Gasteiger partial charge in [-0.2, -0.15) is 0 Å². The zero-order valence-electron chi connectivity index (χ0n) is 20.5. The van der Waals surface area contributed by atoms with E-state index in [0.717, 1.165) is 32.2 Å². The number of fused-ring (bicyclic) bond motifs is 3. The van der Waals surface area contributed by atoms with Crippen molar-refractivity contribution >= 4 is 33.5 Å². The summed E-state index contributed by atoms with van der Waals surface area (Å²) in [4.78, 5) is 30.3. The van der Waals surface area contributed by atoms with Gasteiger partial charge < -0.3 is 10.1 Å². The van der Waals surface area contributed by atoms with E-state index in [9.17, 15) is 9.59 Å². The molecule has 0 saturated carbocycles.